The van der Waals surface area contributed by atoms with E-state index in [2.05, 4.69) is 9.88 Å². The van der Waals surface area contributed by atoms with Crippen LogP contribution in [0.5, 0.6) is 0 Å². The zero-order chi connectivity index (χ0) is 16.0. The highest BCUT2D eigenvalue weighted by molar-refractivity contribution is 7.15. The van der Waals surface area contributed by atoms with E-state index in [9.17, 15) is 14.7 Å². The summed E-state index contributed by atoms with van der Waals surface area (Å²) in [6, 6.07) is 1.40. The van der Waals surface area contributed by atoms with Crippen LogP contribution < -0.4 is 5.56 Å². The van der Waals surface area contributed by atoms with E-state index in [1.807, 2.05) is 5.38 Å². The van der Waals surface area contributed by atoms with Gasteiger partial charge in [-0.3, -0.25) is 18.9 Å². The third-order valence-corrected chi connectivity index (χ3v) is 5.96. The number of hydrogen-bond donors (Lipinski definition) is 1. The average Bonchev–Trinajstić information content (AvgIpc) is 3.13. The highest BCUT2D eigenvalue weighted by Gasteiger charge is 2.45. The molecule has 1 aliphatic carbocycles. The summed E-state index contributed by atoms with van der Waals surface area (Å²) in [7, 11) is 0. The second-order valence-corrected chi connectivity index (χ2v) is 7.39. The fraction of sp³-hybridized carbons (Fsp3) is 0.562. The smallest absolute Gasteiger partial charge is 0.320 e. The van der Waals surface area contributed by atoms with Crippen molar-refractivity contribution in [3.8, 4) is 0 Å². The lowest BCUT2D eigenvalue weighted by Crippen LogP contribution is -2.42. The molecule has 0 spiro atoms. The van der Waals surface area contributed by atoms with Gasteiger partial charge in [-0.15, -0.1) is 23.7 Å². The van der Waals surface area contributed by atoms with E-state index in [-0.39, 0.29) is 18.0 Å². The van der Waals surface area contributed by atoms with Gasteiger partial charge < -0.3 is 5.11 Å². The molecule has 3 heterocycles. The molecule has 2 aliphatic rings. The Balaban J connectivity index is 0.00000169. The summed E-state index contributed by atoms with van der Waals surface area (Å²) < 4.78 is 1.52. The minimum atomic E-state index is -0.756. The van der Waals surface area contributed by atoms with Crippen LogP contribution in [-0.4, -0.2) is 37.4 Å². The number of carboxylic acids is 1. The average molecular weight is 370 g/mol. The van der Waals surface area contributed by atoms with E-state index < -0.39 is 12.0 Å². The van der Waals surface area contributed by atoms with Gasteiger partial charge in [0.15, 0.2) is 4.96 Å². The van der Waals surface area contributed by atoms with E-state index >= 15 is 0 Å². The van der Waals surface area contributed by atoms with Gasteiger partial charge in [-0.25, -0.2) is 4.98 Å². The van der Waals surface area contributed by atoms with E-state index in [4.69, 9.17) is 0 Å². The Hall–Kier alpha value is -1.44. The van der Waals surface area contributed by atoms with Crippen LogP contribution in [0.4, 0.5) is 0 Å². The molecule has 1 saturated carbocycles. The van der Waals surface area contributed by atoms with Crippen molar-refractivity contribution >= 4 is 34.7 Å². The lowest BCUT2D eigenvalue weighted by molar-refractivity contribution is -0.142. The van der Waals surface area contributed by atoms with Gasteiger partial charge in [0.25, 0.3) is 5.56 Å². The van der Waals surface area contributed by atoms with Crippen molar-refractivity contribution in [2.24, 2.45) is 5.92 Å². The van der Waals surface area contributed by atoms with E-state index in [0.717, 1.165) is 25.7 Å². The zero-order valence-electron chi connectivity index (χ0n) is 13.1. The quantitative estimate of drug-likeness (QED) is 0.899. The molecule has 3 unspecified atom stereocenters. The number of aliphatic carboxylic acids is 1. The number of fused-ring (bicyclic) bond motifs is 2. The third-order valence-electron chi connectivity index (χ3n) is 5.21. The minimum Gasteiger partial charge on any atom is -0.480 e. The highest BCUT2D eigenvalue weighted by atomic mass is 35.5. The van der Waals surface area contributed by atoms with Gasteiger partial charge in [0, 0.05) is 30.2 Å². The van der Waals surface area contributed by atoms with E-state index in [1.54, 1.807) is 6.20 Å². The predicted octanol–water partition coefficient (Wildman–Crippen LogP) is 2.40. The van der Waals surface area contributed by atoms with Crippen molar-refractivity contribution in [3.63, 3.8) is 0 Å². The first-order chi connectivity index (χ1) is 11.1. The van der Waals surface area contributed by atoms with Crippen LogP contribution in [0.25, 0.3) is 4.96 Å². The molecule has 6 nitrogen and oxygen atoms in total. The summed E-state index contributed by atoms with van der Waals surface area (Å²) >= 11 is 1.42. The summed E-state index contributed by atoms with van der Waals surface area (Å²) in [6.45, 7) is 0.446. The maximum absolute atomic E-state index is 12.1. The topological polar surface area (TPSA) is 74.9 Å². The predicted molar refractivity (Wildman–Crippen MR) is 93.9 cm³/mol. The molecule has 130 valence electrons. The third kappa shape index (κ3) is 2.96. The Labute approximate surface area is 149 Å². The first kappa shape index (κ1) is 17.4. The largest absolute Gasteiger partial charge is 0.480 e. The summed E-state index contributed by atoms with van der Waals surface area (Å²) in [6.07, 6.45) is 6.96. The van der Waals surface area contributed by atoms with Crippen molar-refractivity contribution in [2.45, 2.75) is 50.7 Å². The maximum Gasteiger partial charge on any atom is 0.320 e. The molecule has 0 aromatic carbocycles. The second kappa shape index (κ2) is 6.82. The Morgan fingerprint density at radius 1 is 1.38 bits per heavy atom. The molecular formula is C16H20ClN3O3S. The second-order valence-electron chi connectivity index (χ2n) is 6.52. The number of rotatable bonds is 3. The molecule has 2 fully saturated rings. The monoisotopic (exact) mass is 369 g/mol. The SMILES string of the molecule is Cl.O=C(O)C1CC2CCCCC2N1Cc1cc(=O)n2ccsc2n1. The first-order valence-electron chi connectivity index (χ1n) is 8.08. The standard InChI is InChI=1S/C16H19N3O3S.ClH/c20-14-8-11(17-16-18(14)5-6-23-16)9-19-12-4-2-1-3-10(12)7-13(19)15(21)22;/h5-6,8,10,12-13H,1-4,7,9H2,(H,21,22);1H. The molecule has 0 amide bonds. The van der Waals surface area contributed by atoms with Gasteiger partial charge >= 0.3 is 5.97 Å². The Morgan fingerprint density at radius 2 is 2.17 bits per heavy atom. The molecule has 0 bridgehead atoms. The van der Waals surface area contributed by atoms with Gasteiger partial charge in [0.05, 0.1) is 5.69 Å². The van der Waals surface area contributed by atoms with Gasteiger partial charge in [-0.05, 0) is 25.2 Å². The van der Waals surface area contributed by atoms with Crippen LogP contribution in [0.1, 0.15) is 37.8 Å². The molecule has 1 saturated heterocycles. The van der Waals surface area contributed by atoms with Gasteiger partial charge in [-0.1, -0.05) is 12.8 Å². The summed E-state index contributed by atoms with van der Waals surface area (Å²) in [5, 5.41) is 11.4. The van der Waals surface area contributed by atoms with E-state index in [1.165, 1.54) is 28.2 Å². The number of nitrogens with zero attached hydrogens (tertiary/aromatic N) is 3. The number of carbonyl (C=O) groups is 1. The Kier molecular flexibility index (Phi) is 4.94. The van der Waals surface area contributed by atoms with Crippen LogP contribution in [0.2, 0.25) is 0 Å². The van der Waals surface area contributed by atoms with Crippen LogP contribution >= 0.6 is 23.7 Å². The number of hydrogen-bond acceptors (Lipinski definition) is 5. The zero-order valence-corrected chi connectivity index (χ0v) is 14.8. The molecule has 1 N–H and O–H groups in total. The summed E-state index contributed by atoms with van der Waals surface area (Å²) in [4.78, 5) is 31.1. The molecular weight excluding hydrogens is 350 g/mol. The van der Waals surface area contributed by atoms with Crippen molar-refractivity contribution in [2.75, 3.05) is 0 Å². The molecule has 4 rings (SSSR count). The molecule has 2 aromatic rings. The Morgan fingerprint density at radius 3 is 2.96 bits per heavy atom. The summed E-state index contributed by atoms with van der Waals surface area (Å²) in [5.74, 6) is -0.287. The molecule has 1 aliphatic heterocycles. The minimum absolute atomic E-state index is 0. The highest BCUT2D eigenvalue weighted by Crippen LogP contribution is 2.40. The molecule has 2 aromatic heterocycles. The van der Waals surface area contributed by atoms with Crippen molar-refractivity contribution < 1.29 is 9.90 Å². The van der Waals surface area contributed by atoms with Gasteiger partial charge in [0.2, 0.25) is 0 Å². The number of likely N-dealkylation sites (tertiary alicyclic amines) is 1. The molecule has 8 heteroatoms. The fourth-order valence-corrected chi connectivity index (χ4v) is 4.92. The van der Waals surface area contributed by atoms with Crippen molar-refractivity contribution in [1.82, 2.24) is 14.3 Å². The molecule has 3 atom stereocenters. The van der Waals surface area contributed by atoms with Crippen LogP contribution in [-0.2, 0) is 11.3 Å². The fourth-order valence-electron chi connectivity index (χ4n) is 4.18. The van der Waals surface area contributed by atoms with Crippen LogP contribution in [0.3, 0.4) is 0 Å². The molecule has 24 heavy (non-hydrogen) atoms. The first-order valence-corrected chi connectivity index (χ1v) is 8.96. The lowest BCUT2D eigenvalue weighted by Gasteiger charge is -2.32. The van der Waals surface area contributed by atoms with Crippen molar-refractivity contribution in [3.05, 3.63) is 33.7 Å². The van der Waals surface area contributed by atoms with E-state index in [0.29, 0.717) is 29.2 Å². The number of aromatic nitrogens is 2. The normalized spacial score (nSPS) is 26.9. The van der Waals surface area contributed by atoms with Gasteiger partial charge in [0.1, 0.15) is 6.04 Å². The van der Waals surface area contributed by atoms with Crippen LogP contribution in [0, 0.1) is 5.92 Å². The number of halogens is 1. The maximum atomic E-state index is 12.1. The number of thiazole rings is 1. The Bertz CT molecular complexity index is 805. The van der Waals surface area contributed by atoms with Crippen LogP contribution in [0.15, 0.2) is 22.4 Å². The van der Waals surface area contributed by atoms with Gasteiger partial charge in [-0.2, -0.15) is 0 Å². The molecule has 0 radical (unpaired) electrons. The summed E-state index contributed by atoms with van der Waals surface area (Å²) in [5.41, 5.74) is 0.576. The number of carboxylic acid groups (broad SMARTS) is 1. The van der Waals surface area contributed by atoms with Crippen molar-refractivity contribution in [1.29, 1.82) is 0 Å². The lowest BCUT2D eigenvalue weighted by atomic mass is 9.85.